The number of carboxylic acids is 1. The topological polar surface area (TPSA) is 55.8 Å². The van der Waals surface area contributed by atoms with Crippen LogP contribution in [-0.4, -0.2) is 17.9 Å². The first-order chi connectivity index (χ1) is 8.15. The van der Waals surface area contributed by atoms with Gasteiger partial charge >= 0.3 is 5.97 Å². The molecule has 0 bridgehead atoms. The molecule has 1 aliphatic carbocycles. The zero-order valence-electron chi connectivity index (χ0n) is 9.03. The normalized spacial score (nSPS) is 19.8. The van der Waals surface area contributed by atoms with Gasteiger partial charge in [0.25, 0.3) is 0 Å². The van der Waals surface area contributed by atoms with E-state index in [0.717, 1.165) is 16.5 Å². The lowest BCUT2D eigenvalue weighted by Crippen LogP contribution is -2.42. The average Bonchev–Trinajstić information content (AvgIpc) is 2.67. The third-order valence-corrected chi connectivity index (χ3v) is 4.40. The molecule has 1 saturated carbocycles. The predicted molar refractivity (Wildman–Crippen MR) is 63.4 cm³/mol. The van der Waals surface area contributed by atoms with Gasteiger partial charge in [0.05, 0.1) is 9.89 Å². The quantitative estimate of drug-likeness (QED) is 0.912. The van der Waals surface area contributed by atoms with Crippen LogP contribution in [0, 0.1) is 0 Å². The van der Waals surface area contributed by atoms with Crippen LogP contribution in [-0.2, 0) is 10.2 Å². The molecule has 0 unspecified atom stereocenters. The fourth-order valence-electron chi connectivity index (χ4n) is 2.44. The van der Waals surface area contributed by atoms with Crippen molar-refractivity contribution < 1.29 is 19.4 Å². The van der Waals surface area contributed by atoms with Gasteiger partial charge in [0.2, 0.25) is 6.79 Å². The van der Waals surface area contributed by atoms with Crippen molar-refractivity contribution in [2.45, 2.75) is 24.7 Å². The van der Waals surface area contributed by atoms with Crippen LogP contribution < -0.4 is 9.47 Å². The lowest BCUT2D eigenvalue weighted by molar-refractivity contribution is -0.147. The van der Waals surface area contributed by atoms with Crippen molar-refractivity contribution in [3.05, 3.63) is 22.2 Å². The van der Waals surface area contributed by atoms with E-state index in [1.54, 1.807) is 6.07 Å². The van der Waals surface area contributed by atoms with E-state index in [1.807, 2.05) is 6.07 Å². The summed E-state index contributed by atoms with van der Waals surface area (Å²) in [7, 11) is 0. The summed E-state index contributed by atoms with van der Waals surface area (Å²) >= 11 is 3.44. The lowest BCUT2D eigenvalue weighted by atomic mass is 9.64. The maximum atomic E-state index is 11.5. The zero-order valence-corrected chi connectivity index (χ0v) is 10.6. The second-order valence-electron chi connectivity index (χ2n) is 4.40. The van der Waals surface area contributed by atoms with Gasteiger partial charge in [0.1, 0.15) is 0 Å². The highest BCUT2D eigenvalue weighted by Gasteiger charge is 2.48. The highest BCUT2D eigenvalue weighted by Crippen LogP contribution is 2.51. The minimum absolute atomic E-state index is 0.192. The van der Waals surface area contributed by atoms with Gasteiger partial charge in [-0.05, 0) is 40.4 Å². The summed E-state index contributed by atoms with van der Waals surface area (Å²) in [5.74, 6) is 0.527. The summed E-state index contributed by atoms with van der Waals surface area (Å²) in [4.78, 5) is 11.5. The molecule has 1 aromatic carbocycles. The Labute approximate surface area is 107 Å². The molecule has 1 aliphatic heterocycles. The number of hydrogen-bond donors (Lipinski definition) is 1. The predicted octanol–water partition coefficient (Wildman–Crippen LogP) is 2.68. The molecule has 1 N–H and O–H groups in total. The van der Waals surface area contributed by atoms with Gasteiger partial charge in [-0.15, -0.1) is 0 Å². The molecule has 1 aromatic rings. The van der Waals surface area contributed by atoms with Gasteiger partial charge < -0.3 is 14.6 Å². The van der Waals surface area contributed by atoms with E-state index < -0.39 is 11.4 Å². The maximum Gasteiger partial charge on any atom is 0.314 e. The molecular weight excluding hydrogens is 288 g/mol. The maximum absolute atomic E-state index is 11.5. The van der Waals surface area contributed by atoms with Crippen LogP contribution in [0.3, 0.4) is 0 Å². The molecule has 1 heterocycles. The molecule has 5 heteroatoms. The van der Waals surface area contributed by atoms with E-state index in [0.29, 0.717) is 24.3 Å². The summed E-state index contributed by atoms with van der Waals surface area (Å²) in [6.45, 7) is 0.192. The fraction of sp³-hybridized carbons (Fsp3) is 0.417. The van der Waals surface area contributed by atoms with Crippen LogP contribution in [0.5, 0.6) is 11.5 Å². The Balaban J connectivity index is 2.12. The molecule has 3 rings (SSSR count). The molecule has 0 spiro atoms. The van der Waals surface area contributed by atoms with Crippen LogP contribution >= 0.6 is 15.9 Å². The molecule has 0 atom stereocenters. The van der Waals surface area contributed by atoms with Crippen LogP contribution in [0.1, 0.15) is 24.8 Å². The Bertz CT molecular complexity index is 494. The van der Waals surface area contributed by atoms with Gasteiger partial charge in [-0.1, -0.05) is 12.5 Å². The monoisotopic (exact) mass is 298 g/mol. The minimum Gasteiger partial charge on any atom is -0.481 e. The number of carbonyl (C=O) groups is 1. The van der Waals surface area contributed by atoms with E-state index in [9.17, 15) is 9.90 Å². The number of benzene rings is 1. The standard InChI is InChI=1S/C12H11BrO4/c13-9-7(12(11(14)15)4-1-5-12)2-3-8-10(9)17-6-16-8/h2-3H,1,4-6H2,(H,14,15). The Kier molecular flexibility index (Phi) is 2.33. The minimum atomic E-state index is -0.761. The summed E-state index contributed by atoms with van der Waals surface area (Å²) in [6, 6.07) is 3.61. The SMILES string of the molecule is O=C(O)C1(c2ccc3c(c2Br)OCO3)CCC1. The Morgan fingerprint density at radius 1 is 1.35 bits per heavy atom. The number of carboxylic acid groups (broad SMARTS) is 1. The molecule has 90 valence electrons. The van der Waals surface area contributed by atoms with E-state index in [-0.39, 0.29) is 6.79 Å². The van der Waals surface area contributed by atoms with E-state index in [1.165, 1.54) is 0 Å². The molecule has 0 amide bonds. The van der Waals surface area contributed by atoms with E-state index in [4.69, 9.17) is 9.47 Å². The zero-order chi connectivity index (χ0) is 12.0. The molecule has 1 fully saturated rings. The van der Waals surface area contributed by atoms with E-state index in [2.05, 4.69) is 15.9 Å². The average molecular weight is 299 g/mol. The molecule has 0 aromatic heterocycles. The molecule has 0 radical (unpaired) electrons. The van der Waals surface area contributed by atoms with Crippen molar-refractivity contribution in [2.24, 2.45) is 0 Å². The summed E-state index contributed by atoms with van der Waals surface area (Å²) in [5, 5.41) is 9.42. The first-order valence-electron chi connectivity index (χ1n) is 5.47. The van der Waals surface area contributed by atoms with Crippen molar-refractivity contribution in [1.82, 2.24) is 0 Å². The first-order valence-corrected chi connectivity index (χ1v) is 6.26. The van der Waals surface area contributed by atoms with Crippen LogP contribution in [0.25, 0.3) is 0 Å². The first kappa shape index (κ1) is 10.9. The third kappa shape index (κ3) is 1.38. The lowest BCUT2D eigenvalue weighted by Gasteiger charge is -2.38. The number of ether oxygens (including phenoxy) is 2. The molecular formula is C12H11BrO4. The highest BCUT2D eigenvalue weighted by atomic mass is 79.9. The van der Waals surface area contributed by atoms with Crippen molar-refractivity contribution in [3.63, 3.8) is 0 Å². The van der Waals surface area contributed by atoms with Gasteiger partial charge in [-0.2, -0.15) is 0 Å². The second-order valence-corrected chi connectivity index (χ2v) is 5.19. The Hall–Kier alpha value is -1.23. The summed E-state index contributed by atoms with van der Waals surface area (Å²) < 4.78 is 11.3. The number of aliphatic carboxylic acids is 1. The Morgan fingerprint density at radius 2 is 2.12 bits per heavy atom. The highest BCUT2D eigenvalue weighted by molar-refractivity contribution is 9.10. The largest absolute Gasteiger partial charge is 0.481 e. The smallest absolute Gasteiger partial charge is 0.314 e. The van der Waals surface area contributed by atoms with Crippen LogP contribution in [0.15, 0.2) is 16.6 Å². The summed E-state index contributed by atoms with van der Waals surface area (Å²) in [6.07, 6.45) is 2.31. The van der Waals surface area contributed by atoms with Gasteiger partial charge in [0.15, 0.2) is 11.5 Å². The Morgan fingerprint density at radius 3 is 2.71 bits per heavy atom. The van der Waals surface area contributed by atoms with Crippen molar-refractivity contribution >= 4 is 21.9 Å². The van der Waals surface area contributed by atoms with Crippen molar-refractivity contribution in [3.8, 4) is 11.5 Å². The molecule has 2 aliphatic rings. The number of halogens is 1. The van der Waals surface area contributed by atoms with Crippen LogP contribution in [0.4, 0.5) is 0 Å². The van der Waals surface area contributed by atoms with Gasteiger partial charge in [-0.3, -0.25) is 4.79 Å². The summed E-state index contributed by atoms with van der Waals surface area (Å²) in [5.41, 5.74) is 0.0419. The molecule has 17 heavy (non-hydrogen) atoms. The van der Waals surface area contributed by atoms with E-state index >= 15 is 0 Å². The molecule has 4 nitrogen and oxygen atoms in total. The molecule has 0 saturated heterocycles. The van der Waals surface area contributed by atoms with Crippen LogP contribution in [0.2, 0.25) is 0 Å². The number of fused-ring (bicyclic) bond motifs is 1. The fourth-order valence-corrected chi connectivity index (χ4v) is 3.26. The van der Waals surface area contributed by atoms with Gasteiger partial charge in [-0.25, -0.2) is 0 Å². The van der Waals surface area contributed by atoms with Crippen molar-refractivity contribution in [2.75, 3.05) is 6.79 Å². The second kappa shape index (κ2) is 3.63. The number of rotatable bonds is 2. The third-order valence-electron chi connectivity index (χ3n) is 3.61. The number of hydrogen-bond acceptors (Lipinski definition) is 3. The van der Waals surface area contributed by atoms with Gasteiger partial charge in [0, 0.05) is 0 Å². The van der Waals surface area contributed by atoms with Crippen molar-refractivity contribution in [1.29, 1.82) is 0 Å².